The van der Waals surface area contributed by atoms with Crippen molar-refractivity contribution >= 4 is 21.6 Å². The van der Waals surface area contributed by atoms with Crippen LogP contribution in [-0.4, -0.2) is 33.5 Å². The van der Waals surface area contributed by atoms with Crippen molar-refractivity contribution in [3.63, 3.8) is 0 Å². The Labute approximate surface area is 128 Å². The van der Waals surface area contributed by atoms with Crippen molar-refractivity contribution in [2.75, 3.05) is 13.2 Å². The van der Waals surface area contributed by atoms with Gasteiger partial charge in [0.15, 0.2) is 5.79 Å². The number of nitrogens with one attached hydrogen (secondary N) is 1. The van der Waals surface area contributed by atoms with E-state index in [0.29, 0.717) is 6.61 Å². The summed E-state index contributed by atoms with van der Waals surface area (Å²) >= 11 is 5.89. The first-order chi connectivity index (χ1) is 9.73. The molecule has 6 nitrogen and oxygen atoms in total. The molecule has 21 heavy (non-hydrogen) atoms. The summed E-state index contributed by atoms with van der Waals surface area (Å²) < 4.78 is 37.8. The van der Waals surface area contributed by atoms with Crippen LogP contribution in [-0.2, 0) is 19.5 Å². The summed E-state index contributed by atoms with van der Waals surface area (Å²) in [6.45, 7) is 3.89. The van der Waals surface area contributed by atoms with Crippen LogP contribution in [0.2, 0.25) is 5.02 Å². The van der Waals surface area contributed by atoms with Gasteiger partial charge in [0.05, 0.1) is 29.4 Å². The van der Waals surface area contributed by atoms with E-state index in [2.05, 4.69) is 4.72 Å². The van der Waals surface area contributed by atoms with Crippen molar-refractivity contribution in [2.45, 2.75) is 30.6 Å². The lowest BCUT2D eigenvalue weighted by molar-refractivity contribution is -0.137. The van der Waals surface area contributed by atoms with Crippen molar-refractivity contribution in [3.8, 4) is 6.07 Å². The summed E-state index contributed by atoms with van der Waals surface area (Å²) in [6, 6.07) is 5.95. The molecule has 8 heteroatoms. The van der Waals surface area contributed by atoms with Crippen molar-refractivity contribution in [3.05, 3.63) is 28.8 Å². The third kappa shape index (κ3) is 3.93. The van der Waals surface area contributed by atoms with Crippen molar-refractivity contribution in [2.24, 2.45) is 0 Å². The third-order valence-electron chi connectivity index (χ3n) is 2.92. The number of benzene rings is 1. The molecule has 1 atom stereocenters. The number of ether oxygens (including phenoxy) is 2. The largest absolute Gasteiger partial charge is 0.348 e. The predicted molar refractivity (Wildman–Crippen MR) is 76.3 cm³/mol. The van der Waals surface area contributed by atoms with E-state index in [1.807, 2.05) is 6.07 Å². The second kappa shape index (κ2) is 5.91. The van der Waals surface area contributed by atoms with Crippen LogP contribution in [0, 0.1) is 11.3 Å². The summed E-state index contributed by atoms with van der Waals surface area (Å²) in [5, 5.41) is 8.89. The third-order valence-corrected chi connectivity index (χ3v) is 4.82. The Morgan fingerprint density at radius 1 is 1.52 bits per heavy atom. The molecule has 0 amide bonds. The number of nitrogens with zero attached hydrogens (tertiary/aromatic N) is 1. The minimum Gasteiger partial charge on any atom is -0.348 e. The van der Waals surface area contributed by atoms with Crippen LogP contribution in [0.5, 0.6) is 0 Å². The molecule has 2 rings (SSSR count). The highest BCUT2D eigenvalue weighted by Gasteiger charge is 2.33. The first-order valence-electron chi connectivity index (χ1n) is 6.24. The average Bonchev–Trinajstić information content (AvgIpc) is 2.76. The fraction of sp³-hybridized carbons (Fsp3) is 0.462. The van der Waals surface area contributed by atoms with E-state index in [4.69, 9.17) is 26.3 Å². The van der Waals surface area contributed by atoms with Crippen molar-refractivity contribution in [1.82, 2.24) is 4.72 Å². The Bertz CT molecular complexity index is 682. The molecule has 1 aliphatic rings. The van der Waals surface area contributed by atoms with Gasteiger partial charge in [-0.05, 0) is 32.0 Å². The molecule has 0 aliphatic carbocycles. The molecular formula is C13H15ClN2O4S. The van der Waals surface area contributed by atoms with E-state index >= 15 is 0 Å². The van der Waals surface area contributed by atoms with Crippen LogP contribution in [0.1, 0.15) is 19.4 Å². The Hall–Kier alpha value is -1.17. The maximum atomic E-state index is 12.2. The number of halogens is 1. The lowest BCUT2D eigenvalue weighted by Crippen LogP contribution is -2.34. The zero-order valence-electron chi connectivity index (χ0n) is 11.6. The van der Waals surface area contributed by atoms with Gasteiger partial charge in [-0.15, -0.1) is 0 Å². The van der Waals surface area contributed by atoms with Gasteiger partial charge >= 0.3 is 0 Å². The Balaban J connectivity index is 2.11. The molecular weight excluding hydrogens is 316 g/mol. The van der Waals surface area contributed by atoms with E-state index in [1.54, 1.807) is 13.8 Å². The number of nitriles is 1. The van der Waals surface area contributed by atoms with Crippen LogP contribution >= 0.6 is 11.6 Å². The zero-order chi connectivity index (χ0) is 15.7. The summed E-state index contributed by atoms with van der Waals surface area (Å²) in [7, 11) is -3.82. The van der Waals surface area contributed by atoms with E-state index in [0.717, 1.165) is 0 Å². The molecule has 0 bridgehead atoms. The highest BCUT2D eigenvalue weighted by Crippen LogP contribution is 2.24. The summed E-state index contributed by atoms with van der Waals surface area (Å²) in [5.41, 5.74) is 0.223. The second-order valence-electron chi connectivity index (χ2n) is 5.06. The number of rotatable bonds is 4. The maximum Gasteiger partial charge on any atom is 0.242 e. The number of hydrogen-bond acceptors (Lipinski definition) is 5. The Kier molecular flexibility index (Phi) is 4.56. The fourth-order valence-electron chi connectivity index (χ4n) is 1.92. The monoisotopic (exact) mass is 330 g/mol. The molecule has 0 spiro atoms. The van der Waals surface area contributed by atoms with Crippen molar-refractivity contribution in [1.29, 1.82) is 5.26 Å². The normalized spacial score (nSPS) is 21.1. The fourth-order valence-corrected chi connectivity index (χ4v) is 3.51. The quantitative estimate of drug-likeness (QED) is 0.906. The van der Waals surface area contributed by atoms with Crippen LogP contribution in [0.15, 0.2) is 23.1 Å². The molecule has 1 heterocycles. The topological polar surface area (TPSA) is 88.4 Å². The Morgan fingerprint density at radius 3 is 2.81 bits per heavy atom. The second-order valence-corrected chi connectivity index (χ2v) is 7.20. The van der Waals surface area contributed by atoms with Crippen LogP contribution in [0.25, 0.3) is 0 Å². The standard InChI is InChI=1S/C13H15ClN2O4S/c1-13(2)19-8-10(20-13)7-16-21(17,18)12-5-9(6-15)3-4-11(12)14/h3-5,10,16H,7-8H2,1-2H3. The highest BCUT2D eigenvalue weighted by atomic mass is 35.5. The van der Waals surface area contributed by atoms with Gasteiger partial charge in [-0.2, -0.15) is 5.26 Å². The Morgan fingerprint density at radius 2 is 2.24 bits per heavy atom. The van der Waals surface area contributed by atoms with Gasteiger partial charge in [0.2, 0.25) is 10.0 Å². The predicted octanol–water partition coefficient (Wildman–Crippen LogP) is 1.64. The molecule has 1 aliphatic heterocycles. The summed E-state index contributed by atoms with van der Waals surface area (Å²) in [5.74, 6) is -0.714. The van der Waals surface area contributed by atoms with E-state index in [9.17, 15) is 8.42 Å². The van der Waals surface area contributed by atoms with Crippen LogP contribution in [0.4, 0.5) is 0 Å². The van der Waals surface area contributed by atoms with E-state index < -0.39 is 15.8 Å². The lowest BCUT2D eigenvalue weighted by Gasteiger charge is -2.17. The molecule has 0 aromatic heterocycles. The van der Waals surface area contributed by atoms with Crippen LogP contribution in [0.3, 0.4) is 0 Å². The van der Waals surface area contributed by atoms with E-state index in [1.165, 1.54) is 18.2 Å². The average molecular weight is 331 g/mol. The van der Waals surface area contributed by atoms with Gasteiger partial charge in [0, 0.05) is 6.54 Å². The van der Waals surface area contributed by atoms with Crippen LogP contribution < -0.4 is 4.72 Å². The molecule has 1 aromatic rings. The van der Waals surface area contributed by atoms with Gasteiger partial charge in [0.1, 0.15) is 4.90 Å². The highest BCUT2D eigenvalue weighted by molar-refractivity contribution is 7.89. The molecule has 1 aromatic carbocycles. The van der Waals surface area contributed by atoms with Gasteiger partial charge in [0.25, 0.3) is 0 Å². The first kappa shape index (κ1) is 16.2. The van der Waals surface area contributed by atoms with Gasteiger partial charge < -0.3 is 9.47 Å². The molecule has 1 unspecified atom stereocenters. The van der Waals surface area contributed by atoms with Crippen molar-refractivity contribution < 1.29 is 17.9 Å². The van der Waals surface area contributed by atoms with Gasteiger partial charge in [-0.1, -0.05) is 11.6 Å². The molecule has 0 saturated carbocycles. The minimum atomic E-state index is -3.82. The maximum absolute atomic E-state index is 12.2. The minimum absolute atomic E-state index is 0.0606. The number of hydrogen-bond donors (Lipinski definition) is 1. The molecule has 0 radical (unpaired) electrons. The first-order valence-corrected chi connectivity index (χ1v) is 8.11. The molecule has 1 fully saturated rings. The summed E-state index contributed by atoms with van der Waals surface area (Å²) in [6.07, 6.45) is -0.368. The molecule has 1 saturated heterocycles. The number of sulfonamides is 1. The molecule has 1 N–H and O–H groups in total. The zero-order valence-corrected chi connectivity index (χ0v) is 13.2. The summed E-state index contributed by atoms with van der Waals surface area (Å²) in [4.78, 5) is -0.124. The van der Waals surface area contributed by atoms with Gasteiger partial charge in [-0.3, -0.25) is 0 Å². The smallest absolute Gasteiger partial charge is 0.242 e. The van der Waals surface area contributed by atoms with Gasteiger partial charge in [-0.25, -0.2) is 13.1 Å². The molecule has 114 valence electrons. The van der Waals surface area contributed by atoms with E-state index in [-0.39, 0.29) is 28.1 Å². The lowest BCUT2D eigenvalue weighted by atomic mass is 10.2. The SMILES string of the molecule is CC1(C)OCC(CNS(=O)(=O)c2cc(C#N)ccc2Cl)O1.